The van der Waals surface area contributed by atoms with E-state index < -0.39 is 0 Å². The molecule has 3 heterocycles. The minimum absolute atomic E-state index is 0.0130. The lowest BCUT2D eigenvalue weighted by Crippen LogP contribution is -2.28. The summed E-state index contributed by atoms with van der Waals surface area (Å²) in [7, 11) is 2.18. The molecular formula is C29H35N4+. The SMILES string of the molecule is C[N+]1=C(C=CC=C2N(CCCC3(C)N=N3)c3ccccc3C2(C)C)C(C)(C)c2ccccc21. The van der Waals surface area contributed by atoms with Crippen molar-refractivity contribution in [3.8, 4) is 0 Å². The molecule has 0 bridgehead atoms. The molecule has 0 amide bonds. The summed E-state index contributed by atoms with van der Waals surface area (Å²) < 4.78 is 2.33. The highest BCUT2D eigenvalue weighted by molar-refractivity contribution is 6.03. The quantitative estimate of drug-likeness (QED) is 0.451. The second kappa shape index (κ2) is 7.51. The molecule has 0 aliphatic carbocycles. The van der Waals surface area contributed by atoms with Crippen LogP contribution in [0.5, 0.6) is 0 Å². The molecule has 0 aromatic heterocycles. The molecule has 0 N–H and O–H groups in total. The number of nitrogens with zero attached hydrogens (tertiary/aromatic N) is 4. The van der Waals surface area contributed by atoms with E-state index >= 15 is 0 Å². The van der Waals surface area contributed by atoms with E-state index in [0.717, 1.165) is 19.4 Å². The minimum Gasteiger partial charge on any atom is -0.344 e. The van der Waals surface area contributed by atoms with Gasteiger partial charge < -0.3 is 4.90 Å². The average Bonchev–Trinajstić information content (AvgIpc) is 3.44. The van der Waals surface area contributed by atoms with Crippen LogP contribution in [0, 0.1) is 0 Å². The summed E-state index contributed by atoms with van der Waals surface area (Å²) in [4.78, 5) is 2.51. The summed E-state index contributed by atoms with van der Waals surface area (Å²) >= 11 is 0. The lowest BCUT2D eigenvalue weighted by molar-refractivity contribution is -0.401. The Morgan fingerprint density at radius 3 is 2.24 bits per heavy atom. The fourth-order valence-corrected chi connectivity index (χ4v) is 5.67. The monoisotopic (exact) mass is 439 g/mol. The van der Waals surface area contributed by atoms with Crippen LogP contribution in [0.1, 0.15) is 58.6 Å². The van der Waals surface area contributed by atoms with Gasteiger partial charge in [0.2, 0.25) is 5.69 Å². The minimum atomic E-state index is -0.136. The standard InChI is InChI=1S/C29H35N4/c1-27(2)21-13-7-9-15-23(21)32(6)25(27)17-11-18-26-28(3,4)22-14-8-10-16-24(22)33(26)20-12-19-29(5)30-31-29/h7-11,13-18H,12,19-20H2,1-6H3/q+1. The molecule has 4 nitrogen and oxygen atoms in total. The van der Waals surface area contributed by atoms with Crippen molar-refractivity contribution in [3.05, 3.63) is 83.6 Å². The predicted octanol–water partition coefficient (Wildman–Crippen LogP) is 6.89. The maximum atomic E-state index is 4.20. The number of hydrogen-bond acceptors (Lipinski definition) is 3. The second-order valence-electron chi connectivity index (χ2n) is 10.8. The van der Waals surface area contributed by atoms with E-state index in [4.69, 9.17) is 0 Å². The molecule has 0 saturated heterocycles. The Labute approximate surface area is 198 Å². The summed E-state index contributed by atoms with van der Waals surface area (Å²) in [6.07, 6.45) is 8.95. The van der Waals surface area contributed by atoms with Gasteiger partial charge in [0.15, 0.2) is 11.4 Å². The van der Waals surface area contributed by atoms with E-state index in [0.29, 0.717) is 0 Å². The Morgan fingerprint density at radius 2 is 1.55 bits per heavy atom. The number of fused-ring (bicyclic) bond motifs is 2. The third kappa shape index (κ3) is 3.56. The highest BCUT2D eigenvalue weighted by Gasteiger charge is 2.43. The smallest absolute Gasteiger partial charge is 0.209 e. The van der Waals surface area contributed by atoms with E-state index in [1.54, 1.807) is 0 Å². The van der Waals surface area contributed by atoms with E-state index in [1.807, 2.05) is 0 Å². The largest absolute Gasteiger partial charge is 0.344 e. The number of anilines is 1. The molecular weight excluding hydrogens is 404 g/mol. The van der Waals surface area contributed by atoms with Gasteiger partial charge in [-0.05, 0) is 51.3 Å². The molecule has 4 heteroatoms. The molecule has 0 spiro atoms. The number of hydrogen-bond donors (Lipinski definition) is 0. The highest BCUT2D eigenvalue weighted by atomic mass is 15.4. The van der Waals surface area contributed by atoms with Crippen LogP contribution in [0.3, 0.4) is 0 Å². The number of para-hydroxylation sites is 2. The Hall–Kier alpha value is -3.01. The van der Waals surface area contributed by atoms with Crippen LogP contribution in [0.15, 0.2) is 82.7 Å². The maximum Gasteiger partial charge on any atom is 0.209 e. The Morgan fingerprint density at radius 1 is 0.879 bits per heavy atom. The zero-order chi connectivity index (χ0) is 23.4. The number of benzene rings is 2. The van der Waals surface area contributed by atoms with Gasteiger partial charge in [-0.25, -0.2) is 0 Å². The molecule has 0 atom stereocenters. The molecule has 0 saturated carbocycles. The van der Waals surface area contributed by atoms with Crippen molar-refractivity contribution in [2.24, 2.45) is 10.2 Å². The summed E-state index contributed by atoms with van der Waals surface area (Å²) in [5.74, 6) is 0. The van der Waals surface area contributed by atoms with Crippen LogP contribution >= 0.6 is 0 Å². The molecule has 3 aliphatic heterocycles. The van der Waals surface area contributed by atoms with Crippen LogP contribution in [0.4, 0.5) is 11.4 Å². The van der Waals surface area contributed by atoms with Gasteiger partial charge in [0.1, 0.15) is 7.05 Å². The van der Waals surface area contributed by atoms with Gasteiger partial charge in [-0.2, -0.15) is 14.8 Å². The first kappa shape index (κ1) is 21.8. The topological polar surface area (TPSA) is 31.0 Å². The van der Waals surface area contributed by atoms with Gasteiger partial charge in [-0.1, -0.05) is 56.3 Å². The van der Waals surface area contributed by atoms with Crippen molar-refractivity contribution in [1.82, 2.24) is 0 Å². The fourth-order valence-electron chi connectivity index (χ4n) is 5.67. The highest BCUT2D eigenvalue weighted by Crippen LogP contribution is 2.48. The van der Waals surface area contributed by atoms with Gasteiger partial charge >= 0.3 is 0 Å². The van der Waals surface area contributed by atoms with Gasteiger partial charge in [-0.15, -0.1) is 0 Å². The van der Waals surface area contributed by atoms with Gasteiger partial charge in [-0.3, -0.25) is 0 Å². The molecule has 0 fully saturated rings. The van der Waals surface area contributed by atoms with Gasteiger partial charge in [0, 0.05) is 41.1 Å². The first-order chi connectivity index (χ1) is 15.7. The molecule has 5 rings (SSSR count). The van der Waals surface area contributed by atoms with Gasteiger partial charge in [0.05, 0.1) is 5.41 Å². The van der Waals surface area contributed by atoms with Crippen LogP contribution in [0.2, 0.25) is 0 Å². The average molecular weight is 440 g/mol. The zero-order valence-electron chi connectivity index (χ0n) is 20.8. The number of allylic oxidation sites excluding steroid dienone is 4. The molecule has 0 unspecified atom stereocenters. The van der Waals surface area contributed by atoms with Crippen molar-refractivity contribution in [3.63, 3.8) is 0 Å². The van der Waals surface area contributed by atoms with Gasteiger partial charge in [0.25, 0.3) is 0 Å². The fraction of sp³-hybridized carbons (Fsp3) is 0.414. The molecule has 0 radical (unpaired) electrons. The van der Waals surface area contributed by atoms with Crippen molar-refractivity contribution < 1.29 is 4.58 Å². The Balaban J connectivity index is 1.46. The van der Waals surface area contributed by atoms with E-state index in [-0.39, 0.29) is 16.5 Å². The summed E-state index contributed by atoms with van der Waals surface area (Å²) in [5, 5.41) is 8.39. The molecule has 33 heavy (non-hydrogen) atoms. The second-order valence-corrected chi connectivity index (χ2v) is 10.8. The maximum absolute atomic E-state index is 4.20. The number of rotatable bonds is 6. The molecule has 2 aromatic rings. The first-order valence-corrected chi connectivity index (χ1v) is 12.1. The van der Waals surface area contributed by atoms with Crippen LogP contribution in [0.25, 0.3) is 0 Å². The van der Waals surface area contributed by atoms with E-state index in [2.05, 4.69) is 128 Å². The molecule has 3 aliphatic rings. The molecule has 2 aromatic carbocycles. The molecule has 170 valence electrons. The van der Waals surface area contributed by atoms with Crippen LogP contribution < -0.4 is 4.90 Å². The van der Waals surface area contributed by atoms with E-state index in [9.17, 15) is 0 Å². The van der Waals surface area contributed by atoms with Crippen LogP contribution in [-0.4, -0.2) is 29.5 Å². The third-order valence-electron chi connectivity index (χ3n) is 7.72. The van der Waals surface area contributed by atoms with Crippen molar-refractivity contribution in [2.45, 2.75) is 64.0 Å². The zero-order valence-corrected chi connectivity index (χ0v) is 20.8. The first-order valence-electron chi connectivity index (χ1n) is 12.1. The van der Waals surface area contributed by atoms with Crippen molar-refractivity contribution in [2.75, 3.05) is 18.5 Å². The normalized spacial score (nSPS) is 22.4. The Kier molecular flexibility index (Phi) is 4.97. The lowest BCUT2D eigenvalue weighted by Gasteiger charge is -2.27. The van der Waals surface area contributed by atoms with E-state index in [1.165, 1.54) is 33.9 Å². The lowest BCUT2D eigenvalue weighted by atomic mass is 9.81. The third-order valence-corrected chi connectivity index (χ3v) is 7.72. The summed E-state index contributed by atoms with van der Waals surface area (Å²) in [5.41, 5.74) is 7.91. The predicted molar refractivity (Wildman–Crippen MR) is 137 cm³/mol. The van der Waals surface area contributed by atoms with Crippen LogP contribution in [-0.2, 0) is 10.8 Å². The van der Waals surface area contributed by atoms with Crippen molar-refractivity contribution >= 4 is 17.1 Å². The summed E-state index contributed by atoms with van der Waals surface area (Å²) in [6, 6.07) is 17.6. The van der Waals surface area contributed by atoms with Crippen molar-refractivity contribution in [1.29, 1.82) is 0 Å². The summed E-state index contributed by atoms with van der Waals surface area (Å²) in [6.45, 7) is 12.4. The Bertz CT molecular complexity index is 1220.